The van der Waals surface area contributed by atoms with Gasteiger partial charge < -0.3 is 10.1 Å². The molecule has 0 aliphatic heterocycles. The monoisotopic (exact) mass is 525 g/mol. The van der Waals surface area contributed by atoms with Crippen LogP contribution in [0.2, 0.25) is 0 Å². The first kappa shape index (κ1) is 27.3. The standard InChI is InChI=1S/C27H31N3O4S2/c1-20(2)16-17-34-24-11-7-10-22(18-24)26(31)29-27(35)28-23-12-14-25(15-13-23)36(32,33)30(3)19-21-8-5-4-6-9-21/h4-15,18,20H,16-17,19H2,1-3H3,(H2,28,29,31,35). The van der Waals surface area contributed by atoms with Gasteiger partial charge in [0, 0.05) is 24.8 Å². The number of amides is 1. The van der Waals surface area contributed by atoms with E-state index in [2.05, 4.69) is 24.5 Å². The zero-order valence-electron chi connectivity index (χ0n) is 20.6. The van der Waals surface area contributed by atoms with E-state index in [0.717, 1.165) is 12.0 Å². The van der Waals surface area contributed by atoms with E-state index in [4.69, 9.17) is 17.0 Å². The molecular formula is C27H31N3O4S2. The number of anilines is 1. The Morgan fingerprint density at radius 1 is 1.00 bits per heavy atom. The lowest BCUT2D eigenvalue weighted by Crippen LogP contribution is -2.34. The molecule has 0 bridgehead atoms. The highest BCUT2D eigenvalue weighted by Crippen LogP contribution is 2.19. The summed E-state index contributed by atoms with van der Waals surface area (Å²) in [7, 11) is -2.12. The summed E-state index contributed by atoms with van der Waals surface area (Å²) in [5, 5.41) is 5.65. The largest absolute Gasteiger partial charge is 0.494 e. The zero-order valence-corrected chi connectivity index (χ0v) is 22.2. The van der Waals surface area contributed by atoms with Gasteiger partial charge in [0.15, 0.2) is 5.11 Å². The van der Waals surface area contributed by atoms with E-state index in [9.17, 15) is 13.2 Å². The molecule has 3 aromatic carbocycles. The number of hydrogen-bond acceptors (Lipinski definition) is 5. The average molecular weight is 526 g/mol. The molecule has 0 radical (unpaired) electrons. The van der Waals surface area contributed by atoms with Crippen molar-refractivity contribution in [2.45, 2.75) is 31.7 Å². The van der Waals surface area contributed by atoms with E-state index in [1.54, 1.807) is 43.4 Å². The Labute approximate surface area is 218 Å². The lowest BCUT2D eigenvalue weighted by atomic mass is 10.1. The molecule has 3 aromatic rings. The minimum absolute atomic E-state index is 0.0999. The average Bonchev–Trinajstić information content (AvgIpc) is 2.85. The van der Waals surface area contributed by atoms with Crippen molar-refractivity contribution in [3.8, 4) is 5.75 Å². The normalized spacial score (nSPS) is 11.4. The van der Waals surface area contributed by atoms with Gasteiger partial charge in [0.2, 0.25) is 10.0 Å². The number of thiocarbonyl (C=S) groups is 1. The van der Waals surface area contributed by atoms with Crippen molar-refractivity contribution in [1.82, 2.24) is 9.62 Å². The van der Waals surface area contributed by atoms with Crippen LogP contribution in [-0.4, -0.2) is 37.4 Å². The van der Waals surface area contributed by atoms with Crippen molar-refractivity contribution < 1.29 is 17.9 Å². The Hall–Kier alpha value is -3.27. The predicted octanol–water partition coefficient (Wildman–Crippen LogP) is 5.06. The van der Waals surface area contributed by atoms with E-state index >= 15 is 0 Å². The molecule has 0 aromatic heterocycles. The van der Waals surface area contributed by atoms with Gasteiger partial charge in [0.25, 0.3) is 5.91 Å². The fourth-order valence-electron chi connectivity index (χ4n) is 3.29. The van der Waals surface area contributed by atoms with Crippen LogP contribution in [0, 0.1) is 5.92 Å². The van der Waals surface area contributed by atoms with Gasteiger partial charge in [-0.25, -0.2) is 8.42 Å². The van der Waals surface area contributed by atoms with Gasteiger partial charge in [0.1, 0.15) is 5.75 Å². The maximum absolute atomic E-state index is 12.9. The minimum Gasteiger partial charge on any atom is -0.494 e. The minimum atomic E-state index is -3.66. The Balaban J connectivity index is 1.56. The summed E-state index contributed by atoms with van der Waals surface area (Å²) in [5.41, 5.74) is 1.87. The summed E-state index contributed by atoms with van der Waals surface area (Å²) in [5.74, 6) is 0.782. The first-order valence-electron chi connectivity index (χ1n) is 11.6. The highest BCUT2D eigenvalue weighted by Gasteiger charge is 2.21. The van der Waals surface area contributed by atoms with E-state index in [1.165, 1.54) is 16.4 Å². The molecule has 0 unspecified atom stereocenters. The molecule has 2 N–H and O–H groups in total. The van der Waals surface area contributed by atoms with Crippen molar-refractivity contribution >= 4 is 38.9 Å². The van der Waals surface area contributed by atoms with Crippen molar-refractivity contribution in [3.05, 3.63) is 90.0 Å². The van der Waals surface area contributed by atoms with Crippen LogP contribution in [0.1, 0.15) is 36.2 Å². The van der Waals surface area contributed by atoms with E-state index in [1.807, 2.05) is 30.3 Å². The fraction of sp³-hybridized carbons (Fsp3) is 0.259. The van der Waals surface area contributed by atoms with Crippen molar-refractivity contribution in [1.29, 1.82) is 0 Å². The number of benzene rings is 3. The van der Waals surface area contributed by atoms with Gasteiger partial charge in [0.05, 0.1) is 11.5 Å². The molecule has 0 spiro atoms. The van der Waals surface area contributed by atoms with Crippen LogP contribution in [0.15, 0.2) is 83.8 Å². The molecule has 0 aliphatic carbocycles. The Bertz CT molecular complexity index is 1280. The molecule has 0 saturated heterocycles. The van der Waals surface area contributed by atoms with Crippen LogP contribution in [0.25, 0.3) is 0 Å². The highest BCUT2D eigenvalue weighted by molar-refractivity contribution is 7.89. The summed E-state index contributed by atoms with van der Waals surface area (Å²) < 4.78 is 32.8. The third kappa shape index (κ3) is 7.87. The number of rotatable bonds is 10. The Morgan fingerprint density at radius 2 is 1.69 bits per heavy atom. The fourth-order valence-corrected chi connectivity index (χ4v) is 4.66. The summed E-state index contributed by atoms with van der Waals surface area (Å²) in [6, 6.07) is 22.5. The van der Waals surface area contributed by atoms with Crippen molar-refractivity contribution in [2.75, 3.05) is 19.0 Å². The summed E-state index contributed by atoms with van der Waals surface area (Å²) in [6.07, 6.45) is 0.924. The van der Waals surface area contributed by atoms with Gasteiger partial charge in [-0.3, -0.25) is 10.1 Å². The number of nitrogens with zero attached hydrogens (tertiary/aromatic N) is 1. The summed E-state index contributed by atoms with van der Waals surface area (Å²) in [6.45, 7) is 5.09. The van der Waals surface area contributed by atoms with Crippen molar-refractivity contribution in [3.63, 3.8) is 0 Å². The lowest BCUT2D eigenvalue weighted by molar-refractivity contribution is 0.0977. The second-order valence-electron chi connectivity index (χ2n) is 8.74. The Kier molecular flexibility index (Phi) is 9.58. The number of carbonyl (C=O) groups is 1. The summed E-state index contributed by atoms with van der Waals surface area (Å²) >= 11 is 5.26. The van der Waals surface area contributed by atoms with Gasteiger partial charge >= 0.3 is 0 Å². The molecular weight excluding hydrogens is 494 g/mol. The van der Waals surface area contributed by atoms with Crippen LogP contribution in [0.5, 0.6) is 5.75 Å². The van der Waals surface area contributed by atoms with E-state index in [-0.39, 0.29) is 22.5 Å². The molecule has 0 heterocycles. The SMILES string of the molecule is CC(C)CCOc1cccc(C(=O)NC(=S)Nc2ccc(S(=O)(=O)N(C)Cc3ccccc3)cc2)c1. The zero-order chi connectivity index (χ0) is 26.1. The number of sulfonamides is 1. The maximum atomic E-state index is 12.9. The summed E-state index contributed by atoms with van der Waals surface area (Å²) in [4.78, 5) is 12.8. The molecule has 190 valence electrons. The molecule has 0 saturated carbocycles. The third-order valence-electron chi connectivity index (χ3n) is 5.36. The Morgan fingerprint density at radius 3 is 2.36 bits per heavy atom. The van der Waals surface area contributed by atoms with Gasteiger partial charge in [-0.1, -0.05) is 50.2 Å². The molecule has 1 amide bonds. The maximum Gasteiger partial charge on any atom is 0.257 e. The third-order valence-corrected chi connectivity index (χ3v) is 7.38. The predicted molar refractivity (Wildman–Crippen MR) is 147 cm³/mol. The molecule has 0 atom stereocenters. The van der Waals surface area contributed by atoms with E-state index in [0.29, 0.717) is 29.5 Å². The second kappa shape index (κ2) is 12.6. The van der Waals surface area contributed by atoms with Crippen LogP contribution >= 0.6 is 12.2 Å². The number of hydrogen-bond donors (Lipinski definition) is 2. The number of carbonyl (C=O) groups excluding carboxylic acids is 1. The second-order valence-corrected chi connectivity index (χ2v) is 11.2. The molecule has 0 aliphatic rings. The molecule has 36 heavy (non-hydrogen) atoms. The smallest absolute Gasteiger partial charge is 0.257 e. The number of ether oxygens (including phenoxy) is 1. The topological polar surface area (TPSA) is 87.7 Å². The van der Waals surface area contributed by atoms with E-state index < -0.39 is 10.0 Å². The van der Waals surface area contributed by atoms with Crippen LogP contribution in [-0.2, 0) is 16.6 Å². The van der Waals surface area contributed by atoms with Crippen LogP contribution < -0.4 is 15.4 Å². The van der Waals surface area contributed by atoms with Crippen LogP contribution in [0.3, 0.4) is 0 Å². The van der Waals surface area contributed by atoms with Gasteiger partial charge in [-0.15, -0.1) is 0 Å². The van der Waals surface area contributed by atoms with Crippen molar-refractivity contribution in [2.24, 2.45) is 5.92 Å². The molecule has 0 fully saturated rings. The van der Waals surface area contributed by atoms with Gasteiger partial charge in [-0.05, 0) is 72.6 Å². The first-order valence-corrected chi connectivity index (χ1v) is 13.5. The molecule has 3 rings (SSSR count). The van der Waals surface area contributed by atoms with Gasteiger partial charge in [-0.2, -0.15) is 4.31 Å². The quantitative estimate of drug-likeness (QED) is 0.360. The molecule has 7 nitrogen and oxygen atoms in total. The number of nitrogens with one attached hydrogen (secondary N) is 2. The van der Waals surface area contributed by atoms with Crippen LogP contribution in [0.4, 0.5) is 5.69 Å². The molecule has 9 heteroatoms. The lowest BCUT2D eigenvalue weighted by Gasteiger charge is -2.18. The first-order chi connectivity index (χ1) is 17.1. The highest BCUT2D eigenvalue weighted by atomic mass is 32.2.